The van der Waals surface area contributed by atoms with Gasteiger partial charge in [0.25, 0.3) is 0 Å². The van der Waals surface area contributed by atoms with Gasteiger partial charge in [0.15, 0.2) is 0 Å². The highest BCUT2D eigenvalue weighted by molar-refractivity contribution is 5.32. The van der Waals surface area contributed by atoms with Gasteiger partial charge in [0.1, 0.15) is 11.6 Å². The number of likely N-dealkylation sites (N-methyl/N-ethyl adjacent to an activating group) is 1. The van der Waals surface area contributed by atoms with E-state index in [-0.39, 0.29) is 6.10 Å². The van der Waals surface area contributed by atoms with Crippen molar-refractivity contribution in [2.24, 2.45) is 0 Å². The van der Waals surface area contributed by atoms with Gasteiger partial charge in [-0.25, -0.2) is 9.97 Å². The first kappa shape index (κ1) is 12.3. The van der Waals surface area contributed by atoms with E-state index < -0.39 is 0 Å². The molecule has 1 aliphatic rings. The fourth-order valence-electron chi connectivity index (χ4n) is 1.96. The summed E-state index contributed by atoms with van der Waals surface area (Å²) in [5.74, 6) is 1.66. The lowest BCUT2D eigenvalue weighted by Crippen LogP contribution is -2.45. The van der Waals surface area contributed by atoms with Gasteiger partial charge in [-0.05, 0) is 19.5 Å². The standard InChI is InChI=1S/C12H20N4O/c1-3-16-6-7-17-11(9-16)8-14-12-4-5-13-10(2)15-12/h4-5,11H,3,6-9H2,1-2H3,(H,13,14,15). The maximum atomic E-state index is 5.71. The third kappa shape index (κ3) is 3.64. The van der Waals surface area contributed by atoms with Crippen LogP contribution in [-0.4, -0.2) is 53.8 Å². The van der Waals surface area contributed by atoms with Crippen LogP contribution < -0.4 is 5.32 Å². The van der Waals surface area contributed by atoms with E-state index in [0.29, 0.717) is 0 Å². The average molecular weight is 236 g/mol. The number of rotatable bonds is 4. The number of nitrogens with one attached hydrogen (secondary N) is 1. The third-order valence-corrected chi connectivity index (χ3v) is 2.96. The fraction of sp³-hybridized carbons (Fsp3) is 0.667. The molecular formula is C12H20N4O. The van der Waals surface area contributed by atoms with Crippen LogP contribution in [0.3, 0.4) is 0 Å². The summed E-state index contributed by atoms with van der Waals surface area (Å²) in [6, 6.07) is 1.88. The number of morpholine rings is 1. The van der Waals surface area contributed by atoms with Crippen molar-refractivity contribution in [2.75, 3.05) is 38.1 Å². The summed E-state index contributed by atoms with van der Waals surface area (Å²) in [5, 5.41) is 3.30. The minimum atomic E-state index is 0.249. The maximum Gasteiger partial charge on any atom is 0.129 e. The molecule has 0 spiro atoms. The average Bonchev–Trinajstić information content (AvgIpc) is 2.37. The summed E-state index contributed by atoms with van der Waals surface area (Å²) in [4.78, 5) is 10.8. The van der Waals surface area contributed by atoms with Gasteiger partial charge in [0, 0.05) is 25.8 Å². The normalized spacial score (nSPS) is 21.4. The summed E-state index contributed by atoms with van der Waals surface area (Å²) < 4.78 is 5.71. The number of anilines is 1. The summed E-state index contributed by atoms with van der Waals surface area (Å²) >= 11 is 0. The number of hydrogen-bond acceptors (Lipinski definition) is 5. The van der Waals surface area contributed by atoms with Crippen LogP contribution in [0.25, 0.3) is 0 Å². The Labute approximate surface area is 102 Å². The van der Waals surface area contributed by atoms with Gasteiger partial charge in [-0.2, -0.15) is 0 Å². The predicted molar refractivity (Wildman–Crippen MR) is 67.1 cm³/mol. The molecule has 1 saturated heterocycles. The van der Waals surface area contributed by atoms with Crippen LogP contribution in [0.4, 0.5) is 5.82 Å². The summed E-state index contributed by atoms with van der Waals surface area (Å²) in [7, 11) is 0. The minimum absolute atomic E-state index is 0.249. The number of nitrogens with zero attached hydrogens (tertiary/aromatic N) is 3. The van der Waals surface area contributed by atoms with Crippen molar-refractivity contribution < 1.29 is 4.74 Å². The molecule has 0 radical (unpaired) electrons. The first-order valence-electron chi connectivity index (χ1n) is 6.15. The number of aromatic nitrogens is 2. The van der Waals surface area contributed by atoms with E-state index in [2.05, 4.69) is 27.1 Å². The Morgan fingerprint density at radius 1 is 1.59 bits per heavy atom. The Kier molecular flexibility index (Phi) is 4.28. The van der Waals surface area contributed by atoms with E-state index in [1.807, 2.05) is 13.0 Å². The molecular weight excluding hydrogens is 216 g/mol. The molecule has 0 saturated carbocycles. The Balaban J connectivity index is 1.81. The van der Waals surface area contributed by atoms with Crippen molar-refractivity contribution in [3.63, 3.8) is 0 Å². The predicted octanol–water partition coefficient (Wildman–Crippen LogP) is 0.918. The van der Waals surface area contributed by atoms with Gasteiger partial charge in [-0.15, -0.1) is 0 Å². The fourth-order valence-corrected chi connectivity index (χ4v) is 1.96. The summed E-state index contributed by atoms with van der Waals surface area (Å²) in [5.41, 5.74) is 0. The van der Waals surface area contributed by atoms with Crippen molar-refractivity contribution in [2.45, 2.75) is 20.0 Å². The molecule has 5 nitrogen and oxygen atoms in total. The second-order valence-corrected chi connectivity index (χ2v) is 4.26. The Morgan fingerprint density at radius 2 is 2.47 bits per heavy atom. The van der Waals surface area contributed by atoms with Crippen LogP contribution >= 0.6 is 0 Å². The molecule has 1 aromatic rings. The minimum Gasteiger partial charge on any atom is -0.374 e. The molecule has 1 aliphatic heterocycles. The van der Waals surface area contributed by atoms with E-state index in [0.717, 1.165) is 44.4 Å². The topological polar surface area (TPSA) is 50.3 Å². The van der Waals surface area contributed by atoms with Crippen molar-refractivity contribution in [1.82, 2.24) is 14.9 Å². The Hall–Kier alpha value is -1.20. The molecule has 0 aromatic carbocycles. The highest BCUT2D eigenvalue weighted by atomic mass is 16.5. The van der Waals surface area contributed by atoms with E-state index in [1.54, 1.807) is 6.20 Å². The van der Waals surface area contributed by atoms with Gasteiger partial charge in [0.2, 0.25) is 0 Å². The molecule has 1 fully saturated rings. The second kappa shape index (κ2) is 5.93. The smallest absolute Gasteiger partial charge is 0.129 e. The highest BCUT2D eigenvalue weighted by Crippen LogP contribution is 2.07. The second-order valence-electron chi connectivity index (χ2n) is 4.26. The zero-order valence-electron chi connectivity index (χ0n) is 10.5. The molecule has 17 heavy (non-hydrogen) atoms. The van der Waals surface area contributed by atoms with Crippen LogP contribution in [0.1, 0.15) is 12.7 Å². The van der Waals surface area contributed by atoms with E-state index in [4.69, 9.17) is 4.74 Å². The number of aryl methyl sites for hydroxylation is 1. The SMILES string of the molecule is CCN1CCOC(CNc2ccnc(C)n2)C1. The molecule has 5 heteroatoms. The van der Waals surface area contributed by atoms with Crippen LogP contribution in [0.15, 0.2) is 12.3 Å². The largest absolute Gasteiger partial charge is 0.374 e. The lowest BCUT2D eigenvalue weighted by Gasteiger charge is -2.32. The summed E-state index contributed by atoms with van der Waals surface area (Å²) in [6.07, 6.45) is 2.02. The lowest BCUT2D eigenvalue weighted by molar-refractivity contribution is -0.0192. The monoisotopic (exact) mass is 236 g/mol. The van der Waals surface area contributed by atoms with E-state index in [9.17, 15) is 0 Å². The molecule has 94 valence electrons. The van der Waals surface area contributed by atoms with Crippen molar-refractivity contribution in [3.8, 4) is 0 Å². The Bertz CT molecular complexity index is 358. The highest BCUT2D eigenvalue weighted by Gasteiger charge is 2.18. The maximum absolute atomic E-state index is 5.71. The lowest BCUT2D eigenvalue weighted by atomic mass is 10.2. The molecule has 1 N–H and O–H groups in total. The van der Waals surface area contributed by atoms with Gasteiger partial charge in [0.05, 0.1) is 12.7 Å². The van der Waals surface area contributed by atoms with E-state index in [1.165, 1.54) is 0 Å². The van der Waals surface area contributed by atoms with Crippen molar-refractivity contribution in [1.29, 1.82) is 0 Å². The van der Waals surface area contributed by atoms with Gasteiger partial charge in [-0.1, -0.05) is 6.92 Å². The first-order chi connectivity index (χ1) is 8.28. The van der Waals surface area contributed by atoms with Crippen LogP contribution in [0.2, 0.25) is 0 Å². The van der Waals surface area contributed by atoms with Gasteiger partial charge < -0.3 is 10.1 Å². The molecule has 2 heterocycles. The molecule has 0 amide bonds. The molecule has 0 aliphatic carbocycles. The van der Waals surface area contributed by atoms with Gasteiger partial charge >= 0.3 is 0 Å². The van der Waals surface area contributed by atoms with Crippen LogP contribution in [0, 0.1) is 6.92 Å². The molecule has 2 rings (SSSR count). The third-order valence-electron chi connectivity index (χ3n) is 2.96. The quantitative estimate of drug-likeness (QED) is 0.842. The number of ether oxygens (including phenoxy) is 1. The zero-order chi connectivity index (χ0) is 12.1. The van der Waals surface area contributed by atoms with Crippen molar-refractivity contribution >= 4 is 5.82 Å². The summed E-state index contributed by atoms with van der Waals surface area (Å²) in [6.45, 7) is 8.82. The molecule has 1 atom stereocenters. The van der Waals surface area contributed by atoms with Crippen molar-refractivity contribution in [3.05, 3.63) is 18.1 Å². The van der Waals surface area contributed by atoms with E-state index >= 15 is 0 Å². The van der Waals surface area contributed by atoms with Crippen LogP contribution in [0.5, 0.6) is 0 Å². The molecule has 0 bridgehead atoms. The number of hydrogen-bond donors (Lipinski definition) is 1. The molecule has 1 unspecified atom stereocenters. The Morgan fingerprint density at radius 3 is 3.24 bits per heavy atom. The van der Waals surface area contributed by atoms with Gasteiger partial charge in [-0.3, -0.25) is 4.90 Å². The zero-order valence-corrected chi connectivity index (χ0v) is 10.5. The molecule has 1 aromatic heterocycles. The van der Waals surface area contributed by atoms with Crippen LogP contribution in [-0.2, 0) is 4.74 Å². The first-order valence-corrected chi connectivity index (χ1v) is 6.15.